The molecule has 0 aliphatic carbocycles. The predicted octanol–water partition coefficient (Wildman–Crippen LogP) is -5.77. The first-order valence-corrected chi connectivity index (χ1v) is 1.73. The molecule has 0 amide bonds. The Morgan fingerprint density at radius 3 is 1.86 bits per heavy atom. The summed E-state index contributed by atoms with van der Waals surface area (Å²) in [6.07, 6.45) is 0. The Morgan fingerprint density at radius 1 is 1.71 bits per heavy atom. The minimum absolute atomic E-state index is 0. The number of rotatable bonds is 1. The van der Waals surface area contributed by atoms with E-state index in [0.29, 0.717) is 0 Å². The minimum atomic E-state index is -0.881. The number of carbonyl (C=O) groups is 1. The van der Waals surface area contributed by atoms with Crippen LogP contribution in [0.4, 0.5) is 0 Å². The third kappa shape index (κ3) is 18.2. The van der Waals surface area contributed by atoms with E-state index in [1.165, 1.54) is 0 Å². The van der Waals surface area contributed by atoms with Crippen LogP contribution in [0.2, 0.25) is 0 Å². The third-order valence-corrected chi connectivity index (χ3v) is 0.406. The molecule has 1 N–H and O–H groups in total. The number of thiol groups is 1. The molecule has 0 aromatic rings. The van der Waals surface area contributed by atoms with Crippen molar-refractivity contribution in [2.75, 3.05) is 5.75 Å². The maximum Gasteiger partial charge on any atom is 1.00 e. The fourth-order valence-electron chi connectivity index (χ4n) is 0. The second-order valence-electron chi connectivity index (χ2n) is 0.552. The maximum atomic E-state index is 9.29. The standard InChI is InChI=1S/C2H4O2S.2Na.2H/c3-2(4)1-5;;;;/h5H,1H2,(H,3,4);;;;/q;2*+1;2*-1. The number of carboxylic acids is 1. The molecule has 0 unspecified atom stereocenters. The Bertz CT molecular complexity index is 55.8. The molecule has 0 fully saturated rings. The molecule has 0 aliphatic rings. The van der Waals surface area contributed by atoms with Crippen molar-refractivity contribution in [1.82, 2.24) is 0 Å². The van der Waals surface area contributed by atoms with Crippen molar-refractivity contribution >= 4 is 18.6 Å². The largest absolute Gasteiger partial charge is 1.00 e. The van der Waals surface area contributed by atoms with Crippen LogP contribution < -0.4 is 59.1 Å². The molecule has 0 aromatic heterocycles. The van der Waals surface area contributed by atoms with Gasteiger partial charge in [-0.1, -0.05) is 0 Å². The molecule has 0 rings (SSSR count). The average molecular weight is 140 g/mol. The Hall–Kier alpha value is 1.82. The second kappa shape index (κ2) is 10.7. The van der Waals surface area contributed by atoms with Crippen LogP contribution in [0.5, 0.6) is 0 Å². The molecule has 0 heterocycles. The minimum Gasteiger partial charge on any atom is -1.00 e. The first kappa shape index (κ1) is 15.9. The van der Waals surface area contributed by atoms with Gasteiger partial charge in [0.15, 0.2) is 0 Å². The van der Waals surface area contributed by atoms with E-state index >= 15 is 0 Å². The monoisotopic (exact) mass is 140 g/mol. The number of hydrogen-bond donors (Lipinski definition) is 2. The van der Waals surface area contributed by atoms with Gasteiger partial charge in [0, 0.05) is 0 Å². The van der Waals surface area contributed by atoms with Crippen LogP contribution in [-0.2, 0) is 4.79 Å². The number of carboxylic acid groups (broad SMARTS) is 1. The van der Waals surface area contributed by atoms with Crippen LogP contribution in [0.1, 0.15) is 2.85 Å². The Kier molecular flexibility index (Phi) is 24.4. The topological polar surface area (TPSA) is 37.3 Å². The first-order chi connectivity index (χ1) is 2.27. The van der Waals surface area contributed by atoms with Gasteiger partial charge in [-0.25, -0.2) is 0 Å². The zero-order valence-electron chi connectivity index (χ0n) is 6.51. The summed E-state index contributed by atoms with van der Waals surface area (Å²) in [5.41, 5.74) is 0. The van der Waals surface area contributed by atoms with Gasteiger partial charge in [0.25, 0.3) is 0 Å². The first-order valence-electron chi connectivity index (χ1n) is 1.10. The summed E-state index contributed by atoms with van der Waals surface area (Å²) in [4.78, 5) is 9.29. The fourth-order valence-corrected chi connectivity index (χ4v) is 0. The predicted molar refractivity (Wildman–Crippen MR) is 23.7 cm³/mol. The Morgan fingerprint density at radius 2 is 1.86 bits per heavy atom. The Balaban J connectivity index is -0.0000000133. The molecule has 0 atom stereocenters. The summed E-state index contributed by atoms with van der Waals surface area (Å²) in [5, 5.41) is 7.65. The van der Waals surface area contributed by atoms with Crippen molar-refractivity contribution in [3.63, 3.8) is 0 Å². The van der Waals surface area contributed by atoms with Crippen molar-refractivity contribution in [1.29, 1.82) is 0 Å². The van der Waals surface area contributed by atoms with Crippen molar-refractivity contribution < 1.29 is 71.9 Å². The van der Waals surface area contributed by atoms with Crippen LogP contribution in [0.15, 0.2) is 0 Å². The van der Waals surface area contributed by atoms with Gasteiger partial charge in [-0.05, 0) is 0 Å². The van der Waals surface area contributed by atoms with Crippen LogP contribution in [0.25, 0.3) is 0 Å². The SMILES string of the molecule is O=C(O)CS.[H-].[H-].[Na+].[Na+]. The van der Waals surface area contributed by atoms with Gasteiger partial charge in [0.1, 0.15) is 0 Å². The molecular formula is C2H6Na2O2S. The number of hydrogen-bond acceptors (Lipinski definition) is 2. The molecule has 0 saturated heterocycles. The molecule has 0 aliphatic heterocycles. The maximum absolute atomic E-state index is 9.29. The van der Waals surface area contributed by atoms with Crippen molar-refractivity contribution in [3.05, 3.63) is 0 Å². The summed E-state index contributed by atoms with van der Waals surface area (Å²) in [7, 11) is 0. The number of aliphatic carboxylic acids is 1. The molecule has 0 radical (unpaired) electrons. The van der Waals surface area contributed by atoms with Gasteiger partial charge >= 0.3 is 65.1 Å². The van der Waals surface area contributed by atoms with E-state index in [1.807, 2.05) is 0 Å². The van der Waals surface area contributed by atoms with Gasteiger partial charge in [-0.15, -0.1) is 0 Å². The van der Waals surface area contributed by atoms with E-state index in [-0.39, 0.29) is 67.7 Å². The van der Waals surface area contributed by atoms with Crippen molar-refractivity contribution in [2.45, 2.75) is 0 Å². The summed E-state index contributed by atoms with van der Waals surface area (Å²) >= 11 is 3.42. The quantitative estimate of drug-likeness (QED) is 0.281. The Labute approximate surface area is 95.0 Å². The summed E-state index contributed by atoms with van der Waals surface area (Å²) in [5.74, 6) is -0.965. The summed E-state index contributed by atoms with van der Waals surface area (Å²) in [6, 6.07) is 0. The second-order valence-corrected chi connectivity index (χ2v) is 0.868. The molecular weight excluding hydrogens is 134 g/mol. The molecule has 2 nitrogen and oxygen atoms in total. The van der Waals surface area contributed by atoms with Gasteiger partial charge < -0.3 is 7.96 Å². The fraction of sp³-hybridized carbons (Fsp3) is 0.500. The molecule has 5 heteroatoms. The van der Waals surface area contributed by atoms with E-state index in [1.54, 1.807) is 0 Å². The van der Waals surface area contributed by atoms with Gasteiger partial charge in [0.05, 0.1) is 5.75 Å². The van der Waals surface area contributed by atoms with Crippen molar-refractivity contribution in [3.8, 4) is 0 Å². The van der Waals surface area contributed by atoms with Crippen LogP contribution in [-0.4, -0.2) is 16.8 Å². The van der Waals surface area contributed by atoms with Crippen LogP contribution in [0.3, 0.4) is 0 Å². The van der Waals surface area contributed by atoms with E-state index in [0.717, 1.165) is 0 Å². The van der Waals surface area contributed by atoms with Crippen molar-refractivity contribution in [2.24, 2.45) is 0 Å². The van der Waals surface area contributed by atoms with Crippen LogP contribution >= 0.6 is 12.6 Å². The van der Waals surface area contributed by atoms with Crippen LogP contribution in [0, 0.1) is 0 Å². The van der Waals surface area contributed by atoms with E-state index in [4.69, 9.17) is 5.11 Å². The smallest absolute Gasteiger partial charge is 1.00 e. The molecule has 34 valence electrons. The van der Waals surface area contributed by atoms with Gasteiger partial charge in [0.2, 0.25) is 0 Å². The average Bonchev–Trinajstić information content (AvgIpc) is 1.38. The van der Waals surface area contributed by atoms with E-state index < -0.39 is 5.97 Å². The van der Waals surface area contributed by atoms with Gasteiger partial charge in [-0.2, -0.15) is 12.6 Å². The van der Waals surface area contributed by atoms with E-state index in [2.05, 4.69) is 12.6 Å². The molecule has 0 bridgehead atoms. The van der Waals surface area contributed by atoms with E-state index in [9.17, 15) is 4.79 Å². The zero-order valence-corrected chi connectivity index (χ0v) is 9.40. The molecule has 0 spiro atoms. The summed E-state index contributed by atoms with van der Waals surface area (Å²) < 4.78 is 0. The molecule has 0 saturated carbocycles. The normalized spacial score (nSPS) is 5.29. The zero-order chi connectivity index (χ0) is 4.28. The molecule has 7 heavy (non-hydrogen) atoms. The van der Waals surface area contributed by atoms with Gasteiger partial charge in [-0.3, -0.25) is 4.79 Å². The molecule has 0 aromatic carbocycles. The third-order valence-electron chi connectivity index (χ3n) is 0.135. The summed E-state index contributed by atoms with van der Waals surface area (Å²) in [6.45, 7) is 0.